The maximum absolute atomic E-state index is 11.4. The molecule has 0 spiro atoms. The molecule has 4 heteroatoms. The molecule has 0 rings (SSSR count). The van der Waals surface area contributed by atoms with Crippen LogP contribution in [0.5, 0.6) is 0 Å². The highest BCUT2D eigenvalue weighted by Crippen LogP contribution is 2.02. The van der Waals surface area contributed by atoms with Gasteiger partial charge in [-0.1, -0.05) is 13.8 Å². The van der Waals surface area contributed by atoms with E-state index < -0.39 is 0 Å². The highest BCUT2D eigenvalue weighted by atomic mass is 16.5. The van der Waals surface area contributed by atoms with Crippen LogP contribution in [0.3, 0.4) is 0 Å². The first kappa shape index (κ1) is 13.4. The molecular formula is C10H22N2O2. The lowest BCUT2D eigenvalue weighted by Gasteiger charge is -2.16. The van der Waals surface area contributed by atoms with Crippen LogP contribution < -0.4 is 11.1 Å². The average molecular weight is 202 g/mol. The third kappa shape index (κ3) is 5.94. The van der Waals surface area contributed by atoms with Crippen molar-refractivity contribution >= 4 is 5.91 Å². The normalized spacial score (nSPS) is 14.9. The molecule has 0 fully saturated rings. The topological polar surface area (TPSA) is 64.3 Å². The van der Waals surface area contributed by atoms with E-state index in [1.165, 1.54) is 0 Å². The van der Waals surface area contributed by atoms with Crippen molar-refractivity contribution in [2.24, 2.45) is 11.7 Å². The second-order valence-corrected chi connectivity index (χ2v) is 3.67. The zero-order valence-corrected chi connectivity index (χ0v) is 9.38. The lowest BCUT2D eigenvalue weighted by molar-refractivity contribution is -0.122. The van der Waals surface area contributed by atoms with Crippen LogP contribution in [-0.2, 0) is 9.53 Å². The summed E-state index contributed by atoms with van der Waals surface area (Å²) < 4.78 is 4.96. The number of hydrogen-bond acceptors (Lipinski definition) is 3. The Morgan fingerprint density at radius 1 is 1.57 bits per heavy atom. The second-order valence-electron chi connectivity index (χ2n) is 3.67. The fourth-order valence-electron chi connectivity index (χ4n) is 1.27. The Bertz CT molecular complexity index is 158. The highest BCUT2D eigenvalue weighted by molar-refractivity contribution is 5.76. The molecule has 0 aliphatic heterocycles. The Hall–Kier alpha value is -0.610. The molecule has 0 saturated carbocycles. The molecule has 4 nitrogen and oxygen atoms in total. The summed E-state index contributed by atoms with van der Waals surface area (Å²) in [4.78, 5) is 11.4. The van der Waals surface area contributed by atoms with E-state index in [1.54, 1.807) is 7.11 Å². The minimum atomic E-state index is 0.0619. The molecule has 0 radical (unpaired) electrons. The third-order valence-corrected chi connectivity index (χ3v) is 2.13. The molecule has 14 heavy (non-hydrogen) atoms. The van der Waals surface area contributed by atoms with Crippen molar-refractivity contribution in [1.29, 1.82) is 0 Å². The molecule has 3 N–H and O–H groups in total. The van der Waals surface area contributed by atoms with Crippen LogP contribution in [0.15, 0.2) is 0 Å². The Morgan fingerprint density at radius 3 is 2.64 bits per heavy atom. The smallest absolute Gasteiger partial charge is 0.220 e. The van der Waals surface area contributed by atoms with E-state index in [0.29, 0.717) is 19.6 Å². The van der Waals surface area contributed by atoms with E-state index in [1.807, 2.05) is 13.8 Å². The van der Waals surface area contributed by atoms with E-state index in [0.717, 1.165) is 6.42 Å². The number of nitrogens with two attached hydrogens (primary N) is 1. The van der Waals surface area contributed by atoms with Gasteiger partial charge in [-0.2, -0.15) is 0 Å². The molecule has 0 bridgehead atoms. The van der Waals surface area contributed by atoms with Crippen molar-refractivity contribution in [1.82, 2.24) is 5.32 Å². The molecule has 0 heterocycles. The van der Waals surface area contributed by atoms with Crippen LogP contribution in [0.1, 0.15) is 26.7 Å². The largest absolute Gasteiger partial charge is 0.384 e. The van der Waals surface area contributed by atoms with Gasteiger partial charge >= 0.3 is 0 Å². The Morgan fingerprint density at radius 2 is 2.21 bits per heavy atom. The first-order valence-corrected chi connectivity index (χ1v) is 5.12. The molecule has 1 amide bonds. The molecule has 0 aliphatic rings. The summed E-state index contributed by atoms with van der Waals surface area (Å²) in [6, 6.07) is 0.109. The average Bonchev–Trinajstić information content (AvgIpc) is 2.14. The monoisotopic (exact) mass is 202 g/mol. The van der Waals surface area contributed by atoms with Gasteiger partial charge < -0.3 is 15.8 Å². The minimum absolute atomic E-state index is 0.0619. The number of amides is 1. The van der Waals surface area contributed by atoms with Crippen molar-refractivity contribution < 1.29 is 9.53 Å². The van der Waals surface area contributed by atoms with E-state index >= 15 is 0 Å². The van der Waals surface area contributed by atoms with Crippen LogP contribution >= 0.6 is 0 Å². The van der Waals surface area contributed by atoms with Crippen molar-refractivity contribution in [3.8, 4) is 0 Å². The maximum Gasteiger partial charge on any atom is 0.220 e. The molecule has 2 unspecified atom stereocenters. The van der Waals surface area contributed by atoms with Gasteiger partial charge in [-0.25, -0.2) is 0 Å². The predicted octanol–water partition coefficient (Wildman–Crippen LogP) is 0.513. The number of hydrogen-bond donors (Lipinski definition) is 2. The summed E-state index contributed by atoms with van der Waals surface area (Å²) in [5, 5.41) is 2.89. The van der Waals surface area contributed by atoms with Crippen molar-refractivity contribution in [3.63, 3.8) is 0 Å². The summed E-state index contributed by atoms with van der Waals surface area (Å²) in [5.74, 6) is 0.321. The number of ether oxygens (including phenoxy) is 1. The zero-order valence-electron chi connectivity index (χ0n) is 9.38. The van der Waals surface area contributed by atoms with Gasteiger partial charge in [-0.05, 0) is 12.3 Å². The van der Waals surface area contributed by atoms with Gasteiger partial charge in [0.2, 0.25) is 5.91 Å². The maximum atomic E-state index is 11.4. The van der Waals surface area contributed by atoms with Gasteiger partial charge in [-0.3, -0.25) is 4.79 Å². The Labute approximate surface area is 86.2 Å². The van der Waals surface area contributed by atoms with E-state index in [-0.39, 0.29) is 17.9 Å². The summed E-state index contributed by atoms with van der Waals surface area (Å²) in [6.45, 7) is 5.12. The third-order valence-electron chi connectivity index (χ3n) is 2.13. The molecule has 0 aliphatic carbocycles. The SMILES string of the molecule is CCC(CN)NC(=O)CC(C)COC. The molecular weight excluding hydrogens is 180 g/mol. The first-order chi connectivity index (χ1) is 6.63. The number of rotatable bonds is 7. The number of carbonyl (C=O) groups is 1. The van der Waals surface area contributed by atoms with Gasteiger partial charge in [-0.15, -0.1) is 0 Å². The van der Waals surface area contributed by atoms with Crippen LogP contribution in [0.25, 0.3) is 0 Å². The molecule has 0 aromatic heterocycles. The number of nitrogens with one attached hydrogen (secondary N) is 1. The summed E-state index contributed by atoms with van der Waals surface area (Å²) in [6.07, 6.45) is 1.38. The summed E-state index contributed by atoms with van der Waals surface area (Å²) >= 11 is 0. The molecule has 0 saturated heterocycles. The summed E-state index contributed by atoms with van der Waals surface area (Å²) in [5.41, 5.74) is 5.48. The fraction of sp³-hybridized carbons (Fsp3) is 0.900. The quantitative estimate of drug-likeness (QED) is 0.632. The number of carbonyl (C=O) groups excluding carboxylic acids is 1. The van der Waals surface area contributed by atoms with Crippen LogP contribution in [0.4, 0.5) is 0 Å². The number of methoxy groups -OCH3 is 1. The fourth-order valence-corrected chi connectivity index (χ4v) is 1.27. The van der Waals surface area contributed by atoms with E-state index in [4.69, 9.17) is 10.5 Å². The molecule has 0 aromatic rings. The molecule has 0 aromatic carbocycles. The minimum Gasteiger partial charge on any atom is -0.384 e. The molecule has 2 atom stereocenters. The van der Waals surface area contributed by atoms with Crippen molar-refractivity contribution in [2.45, 2.75) is 32.7 Å². The van der Waals surface area contributed by atoms with E-state index in [2.05, 4.69) is 5.32 Å². The van der Waals surface area contributed by atoms with Gasteiger partial charge in [0.25, 0.3) is 0 Å². The summed E-state index contributed by atoms with van der Waals surface area (Å²) in [7, 11) is 1.64. The van der Waals surface area contributed by atoms with Gasteiger partial charge in [0.05, 0.1) is 0 Å². The van der Waals surface area contributed by atoms with Gasteiger partial charge in [0.15, 0.2) is 0 Å². The van der Waals surface area contributed by atoms with Crippen molar-refractivity contribution in [3.05, 3.63) is 0 Å². The zero-order chi connectivity index (χ0) is 11.0. The Balaban J connectivity index is 3.73. The first-order valence-electron chi connectivity index (χ1n) is 5.12. The van der Waals surface area contributed by atoms with Crippen LogP contribution in [0.2, 0.25) is 0 Å². The second kappa shape index (κ2) is 7.76. The van der Waals surface area contributed by atoms with Crippen LogP contribution in [-0.4, -0.2) is 32.2 Å². The lowest BCUT2D eigenvalue weighted by Crippen LogP contribution is -2.40. The van der Waals surface area contributed by atoms with Crippen molar-refractivity contribution in [2.75, 3.05) is 20.3 Å². The standard InChI is InChI=1S/C10H22N2O2/c1-4-9(6-11)12-10(13)5-8(2)7-14-3/h8-9H,4-7,11H2,1-3H3,(H,12,13). The highest BCUT2D eigenvalue weighted by Gasteiger charge is 2.11. The molecule has 84 valence electrons. The lowest BCUT2D eigenvalue weighted by atomic mass is 10.1. The van der Waals surface area contributed by atoms with Gasteiger partial charge in [0.1, 0.15) is 0 Å². The van der Waals surface area contributed by atoms with E-state index in [9.17, 15) is 4.79 Å². The van der Waals surface area contributed by atoms with Crippen LogP contribution in [0, 0.1) is 5.92 Å². The Kier molecular flexibility index (Phi) is 7.42. The predicted molar refractivity (Wildman–Crippen MR) is 56.9 cm³/mol. The van der Waals surface area contributed by atoms with Gasteiger partial charge in [0, 0.05) is 32.7 Å².